The summed E-state index contributed by atoms with van der Waals surface area (Å²) in [6.45, 7) is 0.600. The number of thioether (sulfide) groups is 1. The molecule has 29 heavy (non-hydrogen) atoms. The predicted molar refractivity (Wildman–Crippen MR) is 119 cm³/mol. The first-order chi connectivity index (χ1) is 14.2. The molecule has 3 aromatic rings. The molecule has 6 heteroatoms. The second kappa shape index (κ2) is 8.92. The number of aliphatic imine (C=N–C) groups is 1. The Morgan fingerprint density at radius 3 is 2.59 bits per heavy atom. The third-order valence-corrected chi connectivity index (χ3v) is 5.80. The molecular formula is C23H21N3O2S. The van der Waals surface area contributed by atoms with Gasteiger partial charge in [-0.25, -0.2) is 0 Å². The number of anilines is 1. The van der Waals surface area contributed by atoms with Gasteiger partial charge in [0.25, 0.3) is 0 Å². The highest BCUT2D eigenvalue weighted by Gasteiger charge is 2.31. The van der Waals surface area contributed by atoms with Gasteiger partial charge in [-0.05, 0) is 34.9 Å². The minimum Gasteiger partial charge on any atom is -0.326 e. The molecule has 0 spiro atoms. The van der Waals surface area contributed by atoms with E-state index in [1.54, 1.807) is 0 Å². The van der Waals surface area contributed by atoms with E-state index in [2.05, 4.69) is 27.8 Å². The highest BCUT2D eigenvalue weighted by molar-refractivity contribution is 8.15. The lowest BCUT2D eigenvalue weighted by Gasteiger charge is -2.08. The van der Waals surface area contributed by atoms with Gasteiger partial charge in [0, 0.05) is 18.7 Å². The zero-order chi connectivity index (χ0) is 20.1. The summed E-state index contributed by atoms with van der Waals surface area (Å²) in [6, 6.07) is 23.8. The second-order valence-electron chi connectivity index (χ2n) is 6.83. The molecule has 1 aliphatic heterocycles. The van der Waals surface area contributed by atoms with Crippen molar-refractivity contribution in [1.29, 1.82) is 0 Å². The van der Waals surface area contributed by atoms with Crippen molar-refractivity contribution in [3.05, 3.63) is 78.4 Å². The number of carbonyl (C=O) groups excluding carboxylic acids is 2. The fraction of sp³-hybridized carbons (Fsp3) is 0.174. The van der Waals surface area contributed by atoms with Gasteiger partial charge in [-0.3, -0.25) is 14.6 Å². The topological polar surface area (TPSA) is 70.6 Å². The summed E-state index contributed by atoms with van der Waals surface area (Å²) >= 11 is 1.32. The zero-order valence-corrected chi connectivity index (χ0v) is 16.6. The van der Waals surface area contributed by atoms with Crippen LogP contribution in [0.2, 0.25) is 0 Å². The lowest BCUT2D eigenvalue weighted by Crippen LogP contribution is -2.28. The summed E-state index contributed by atoms with van der Waals surface area (Å²) in [5.74, 6) is -0.347. The number of hydrogen-bond acceptors (Lipinski definition) is 4. The molecule has 1 aliphatic rings. The van der Waals surface area contributed by atoms with Crippen LogP contribution in [-0.4, -0.2) is 28.8 Å². The Labute approximate surface area is 173 Å². The summed E-state index contributed by atoms with van der Waals surface area (Å²) in [6.07, 6.45) is 0.926. The minimum absolute atomic E-state index is 0.112. The van der Waals surface area contributed by atoms with Crippen molar-refractivity contribution in [2.24, 2.45) is 4.99 Å². The largest absolute Gasteiger partial charge is 0.326 e. The minimum atomic E-state index is -0.453. The second-order valence-corrected chi connectivity index (χ2v) is 8.02. The monoisotopic (exact) mass is 403 g/mol. The SMILES string of the molecule is O=C(CC1SC(=NCCc2ccccc2)NC1=O)Nc1ccc2ccccc2c1. The van der Waals surface area contributed by atoms with E-state index in [4.69, 9.17) is 0 Å². The molecule has 2 amide bonds. The maximum absolute atomic E-state index is 12.4. The van der Waals surface area contributed by atoms with Crippen molar-refractivity contribution >= 4 is 45.2 Å². The molecule has 0 saturated carbocycles. The van der Waals surface area contributed by atoms with Crippen molar-refractivity contribution in [1.82, 2.24) is 5.32 Å². The molecule has 2 N–H and O–H groups in total. The smallest absolute Gasteiger partial charge is 0.240 e. The fourth-order valence-corrected chi connectivity index (χ4v) is 4.19. The van der Waals surface area contributed by atoms with E-state index in [0.29, 0.717) is 11.7 Å². The van der Waals surface area contributed by atoms with E-state index < -0.39 is 5.25 Å². The average Bonchev–Trinajstić information content (AvgIpc) is 3.07. The maximum atomic E-state index is 12.4. The lowest BCUT2D eigenvalue weighted by atomic mass is 10.1. The molecule has 1 fully saturated rings. The van der Waals surface area contributed by atoms with Crippen LogP contribution in [0.15, 0.2) is 77.8 Å². The Bertz CT molecular complexity index is 1070. The third-order valence-electron chi connectivity index (χ3n) is 4.68. The summed E-state index contributed by atoms with van der Waals surface area (Å²) in [5, 5.41) is 7.99. The van der Waals surface area contributed by atoms with E-state index >= 15 is 0 Å². The van der Waals surface area contributed by atoms with Crippen LogP contribution in [0, 0.1) is 0 Å². The summed E-state index contributed by atoms with van der Waals surface area (Å²) in [7, 11) is 0. The van der Waals surface area contributed by atoms with Gasteiger partial charge in [0.05, 0.1) is 0 Å². The summed E-state index contributed by atoms with van der Waals surface area (Å²) in [4.78, 5) is 29.1. The van der Waals surface area contributed by atoms with Crippen molar-refractivity contribution < 1.29 is 9.59 Å². The molecule has 1 unspecified atom stereocenters. The molecule has 146 valence electrons. The number of rotatable bonds is 6. The van der Waals surface area contributed by atoms with Crippen molar-refractivity contribution in [3.8, 4) is 0 Å². The molecule has 5 nitrogen and oxygen atoms in total. The van der Waals surface area contributed by atoms with Gasteiger partial charge in [-0.1, -0.05) is 72.4 Å². The van der Waals surface area contributed by atoms with E-state index in [-0.39, 0.29) is 18.2 Å². The van der Waals surface area contributed by atoms with Gasteiger partial charge in [0.15, 0.2) is 5.17 Å². The highest BCUT2D eigenvalue weighted by Crippen LogP contribution is 2.24. The normalized spacial score (nSPS) is 17.4. The molecule has 0 bridgehead atoms. The van der Waals surface area contributed by atoms with Crippen molar-refractivity contribution in [2.45, 2.75) is 18.1 Å². The molecule has 1 atom stereocenters. The average molecular weight is 404 g/mol. The van der Waals surface area contributed by atoms with Gasteiger partial charge < -0.3 is 10.6 Å². The van der Waals surface area contributed by atoms with Crippen LogP contribution in [0.5, 0.6) is 0 Å². The number of carbonyl (C=O) groups is 2. The Kier molecular flexibility index (Phi) is 5.91. The first-order valence-electron chi connectivity index (χ1n) is 9.52. The van der Waals surface area contributed by atoms with Gasteiger partial charge in [-0.15, -0.1) is 0 Å². The highest BCUT2D eigenvalue weighted by atomic mass is 32.2. The number of amides is 2. The van der Waals surface area contributed by atoms with Gasteiger partial charge in [-0.2, -0.15) is 0 Å². The first kappa shape index (κ1) is 19.2. The molecule has 1 heterocycles. The standard InChI is InChI=1S/C23H21N3O2S/c27-21(25-19-11-10-17-8-4-5-9-18(17)14-19)15-20-22(28)26-23(29-20)24-13-12-16-6-2-1-3-7-16/h1-11,14,20H,12-13,15H2,(H,25,27)(H,24,26,28). The Balaban J connectivity index is 1.31. The van der Waals surface area contributed by atoms with Crippen LogP contribution >= 0.6 is 11.8 Å². The Morgan fingerprint density at radius 1 is 1.00 bits per heavy atom. The summed E-state index contributed by atoms with van der Waals surface area (Å²) < 4.78 is 0. The molecule has 1 saturated heterocycles. The van der Waals surface area contributed by atoms with Gasteiger partial charge in [0.2, 0.25) is 11.8 Å². The zero-order valence-electron chi connectivity index (χ0n) is 15.8. The van der Waals surface area contributed by atoms with Crippen LogP contribution in [0.4, 0.5) is 5.69 Å². The van der Waals surface area contributed by atoms with E-state index in [9.17, 15) is 9.59 Å². The quantitative estimate of drug-likeness (QED) is 0.654. The van der Waals surface area contributed by atoms with Crippen LogP contribution in [0.3, 0.4) is 0 Å². The Hall–Kier alpha value is -3.12. The number of nitrogens with one attached hydrogen (secondary N) is 2. The number of amidine groups is 1. The molecule has 0 radical (unpaired) electrons. The van der Waals surface area contributed by atoms with E-state index in [1.165, 1.54) is 17.3 Å². The summed E-state index contributed by atoms with van der Waals surface area (Å²) in [5.41, 5.74) is 1.94. The van der Waals surface area contributed by atoms with Crippen LogP contribution in [0.1, 0.15) is 12.0 Å². The van der Waals surface area contributed by atoms with E-state index in [0.717, 1.165) is 22.9 Å². The van der Waals surface area contributed by atoms with Crippen molar-refractivity contribution in [2.75, 3.05) is 11.9 Å². The van der Waals surface area contributed by atoms with E-state index in [1.807, 2.05) is 60.7 Å². The maximum Gasteiger partial charge on any atom is 0.240 e. The van der Waals surface area contributed by atoms with Crippen LogP contribution in [-0.2, 0) is 16.0 Å². The predicted octanol–water partition coefficient (Wildman–Crippen LogP) is 4.00. The lowest BCUT2D eigenvalue weighted by molar-refractivity contribution is -0.122. The molecule has 3 aromatic carbocycles. The molecule has 4 rings (SSSR count). The van der Waals surface area contributed by atoms with Crippen LogP contribution < -0.4 is 10.6 Å². The number of nitrogens with zero attached hydrogens (tertiary/aromatic N) is 1. The molecular weight excluding hydrogens is 382 g/mol. The van der Waals surface area contributed by atoms with Crippen LogP contribution in [0.25, 0.3) is 10.8 Å². The van der Waals surface area contributed by atoms with Gasteiger partial charge in [0.1, 0.15) is 5.25 Å². The number of benzene rings is 3. The first-order valence-corrected chi connectivity index (χ1v) is 10.4. The number of hydrogen-bond donors (Lipinski definition) is 2. The molecule has 0 aromatic heterocycles. The molecule has 0 aliphatic carbocycles. The Morgan fingerprint density at radius 2 is 1.76 bits per heavy atom. The third kappa shape index (κ3) is 5.03. The van der Waals surface area contributed by atoms with Crippen molar-refractivity contribution in [3.63, 3.8) is 0 Å². The number of fused-ring (bicyclic) bond motifs is 1. The van der Waals surface area contributed by atoms with Gasteiger partial charge >= 0.3 is 0 Å². The fourth-order valence-electron chi connectivity index (χ4n) is 3.19.